The van der Waals surface area contributed by atoms with Gasteiger partial charge in [0.05, 0.1) is 0 Å². The summed E-state index contributed by atoms with van der Waals surface area (Å²) in [6, 6.07) is 12.0. The number of amides is 1. The number of hydrogen-bond donors (Lipinski definition) is 2. The fourth-order valence-corrected chi connectivity index (χ4v) is 5.69. The molecule has 10 heteroatoms. The van der Waals surface area contributed by atoms with E-state index in [1.54, 1.807) is 6.20 Å². The van der Waals surface area contributed by atoms with Gasteiger partial charge in [-0.05, 0) is 51.5 Å². The summed E-state index contributed by atoms with van der Waals surface area (Å²) in [5, 5.41) is 4.42. The molecule has 1 amide bonds. The molecule has 2 aliphatic rings. The van der Waals surface area contributed by atoms with Crippen molar-refractivity contribution in [3.8, 4) is 22.3 Å². The summed E-state index contributed by atoms with van der Waals surface area (Å²) < 4.78 is 5.46. The van der Waals surface area contributed by atoms with Crippen LogP contribution in [0.4, 0.5) is 16.6 Å². The molecule has 1 saturated carbocycles. The van der Waals surface area contributed by atoms with Crippen LogP contribution >= 0.6 is 11.6 Å². The number of nitrogens with one attached hydrogen (secondary N) is 1. The minimum Gasteiger partial charge on any atom is -0.444 e. The SMILES string of the molecule is Cc1ccc(-c2cccc(Cl)c2-c2cc3cnc(N)nc3nc2N2CC3C(C2)C3NC(=O)OC(C)(C)C)cn1. The molecule has 3 N–H and O–H groups in total. The van der Waals surface area contributed by atoms with Gasteiger partial charge in [-0.2, -0.15) is 4.98 Å². The van der Waals surface area contributed by atoms with Crippen LogP contribution in [0.25, 0.3) is 33.3 Å². The number of nitrogens with two attached hydrogens (primary N) is 1. The average molecular weight is 544 g/mol. The minimum absolute atomic E-state index is 0.0903. The lowest BCUT2D eigenvalue weighted by Crippen LogP contribution is -2.38. The number of aromatic nitrogens is 4. The van der Waals surface area contributed by atoms with E-state index in [0.717, 1.165) is 52.2 Å². The molecule has 4 aromatic rings. The lowest BCUT2D eigenvalue weighted by molar-refractivity contribution is 0.0518. The van der Waals surface area contributed by atoms with Crippen LogP contribution in [0.5, 0.6) is 0 Å². The maximum absolute atomic E-state index is 12.3. The van der Waals surface area contributed by atoms with Gasteiger partial charge >= 0.3 is 6.09 Å². The van der Waals surface area contributed by atoms with Crippen molar-refractivity contribution in [3.63, 3.8) is 0 Å². The molecule has 1 aromatic carbocycles. The molecule has 39 heavy (non-hydrogen) atoms. The van der Waals surface area contributed by atoms with E-state index in [2.05, 4.69) is 25.2 Å². The van der Waals surface area contributed by atoms with Crippen LogP contribution in [0.2, 0.25) is 5.02 Å². The number of fused-ring (bicyclic) bond motifs is 2. The highest BCUT2D eigenvalue weighted by Gasteiger charge is 2.57. The Balaban J connectivity index is 1.38. The van der Waals surface area contributed by atoms with Gasteiger partial charge in [0.15, 0.2) is 5.65 Å². The third-order valence-corrected chi connectivity index (χ3v) is 7.56. The Kier molecular flexibility index (Phi) is 6.06. The summed E-state index contributed by atoms with van der Waals surface area (Å²) in [7, 11) is 0. The highest BCUT2D eigenvalue weighted by Crippen LogP contribution is 2.49. The minimum atomic E-state index is -0.534. The molecule has 0 spiro atoms. The third kappa shape index (κ3) is 4.94. The lowest BCUT2D eigenvalue weighted by atomic mass is 9.94. The number of hydrogen-bond acceptors (Lipinski definition) is 8. The van der Waals surface area contributed by atoms with Gasteiger partial charge in [-0.25, -0.2) is 14.8 Å². The van der Waals surface area contributed by atoms with Crippen LogP contribution in [-0.4, -0.2) is 50.8 Å². The molecule has 9 nitrogen and oxygen atoms in total. The zero-order chi connectivity index (χ0) is 27.5. The molecule has 0 radical (unpaired) electrons. The number of piperidine rings is 1. The second-order valence-electron chi connectivity index (χ2n) is 11.3. The van der Waals surface area contributed by atoms with Crippen molar-refractivity contribution in [1.82, 2.24) is 25.3 Å². The average Bonchev–Trinajstić information content (AvgIpc) is 3.28. The van der Waals surface area contributed by atoms with Crippen molar-refractivity contribution >= 4 is 40.5 Å². The Morgan fingerprint density at radius 2 is 1.85 bits per heavy atom. The van der Waals surface area contributed by atoms with E-state index in [0.29, 0.717) is 22.5 Å². The van der Waals surface area contributed by atoms with E-state index >= 15 is 0 Å². The second kappa shape index (κ2) is 9.34. The first-order valence-electron chi connectivity index (χ1n) is 13.0. The van der Waals surface area contributed by atoms with Gasteiger partial charge in [-0.1, -0.05) is 29.8 Å². The largest absolute Gasteiger partial charge is 0.444 e. The monoisotopic (exact) mass is 543 g/mol. The first kappa shape index (κ1) is 25.3. The number of nitrogens with zero attached hydrogens (tertiary/aromatic N) is 5. The fraction of sp³-hybridized carbons (Fsp3) is 0.345. The van der Waals surface area contributed by atoms with Crippen LogP contribution in [0.15, 0.2) is 48.8 Å². The topological polar surface area (TPSA) is 119 Å². The fourth-order valence-electron chi connectivity index (χ4n) is 5.41. The van der Waals surface area contributed by atoms with Gasteiger partial charge in [0, 0.05) is 76.2 Å². The molecule has 3 aromatic heterocycles. The Bertz CT molecular complexity index is 1570. The summed E-state index contributed by atoms with van der Waals surface area (Å²) in [4.78, 5) is 32.6. The highest BCUT2D eigenvalue weighted by molar-refractivity contribution is 6.34. The normalized spacial score (nSPS) is 20.1. The summed E-state index contributed by atoms with van der Waals surface area (Å²) in [6.07, 6.45) is 3.17. The standard InChI is InChI=1S/C29H30ClN7O2/c1-15-8-9-16(11-32-15)18-6-5-7-22(30)23(18)19-10-17-12-33-27(31)36-25(17)35-26(19)37-13-20-21(14-37)24(20)34-28(38)39-29(2,3)4/h5-12,20-21,24H,13-14H2,1-4H3,(H,34,38)(H2,31,33,35,36). The number of rotatable bonds is 4. The van der Waals surface area contributed by atoms with E-state index < -0.39 is 5.60 Å². The molecule has 1 saturated heterocycles. The van der Waals surface area contributed by atoms with Gasteiger partial charge in [-0.3, -0.25) is 4.98 Å². The molecule has 2 unspecified atom stereocenters. The van der Waals surface area contributed by atoms with Crippen LogP contribution in [-0.2, 0) is 4.74 Å². The Morgan fingerprint density at radius 3 is 2.54 bits per heavy atom. The maximum Gasteiger partial charge on any atom is 0.407 e. The van der Waals surface area contributed by atoms with Crippen molar-refractivity contribution in [2.45, 2.75) is 39.3 Å². The van der Waals surface area contributed by atoms with Gasteiger partial charge in [0.25, 0.3) is 0 Å². The van der Waals surface area contributed by atoms with Gasteiger partial charge < -0.3 is 20.7 Å². The number of carbonyl (C=O) groups is 1. The van der Waals surface area contributed by atoms with Crippen LogP contribution < -0.4 is 16.0 Å². The number of alkyl carbamates (subject to hydrolysis) is 1. The van der Waals surface area contributed by atoms with Gasteiger partial charge in [0.2, 0.25) is 5.95 Å². The Labute approximate surface area is 231 Å². The van der Waals surface area contributed by atoms with Crippen LogP contribution in [0.3, 0.4) is 0 Å². The lowest BCUT2D eigenvalue weighted by Gasteiger charge is -2.26. The third-order valence-electron chi connectivity index (χ3n) is 7.25. The smallest absolute Gasteiger partial charge is 0.407 e. The molecule has 0 bridgehead atoms. The van der Waals surface area contributed by atoms with Crippen molar-refractivity contribution < 1.29 is 9.53 Å². The molecule has 6 rings (SSSR count). The van der Waals surface area contributed by atoms with Crippen molar-refractivity contribution in [3.05, 3.63) is 59.5 Å². The van der Waals surface area contributed by atoms with Crippen molar-refractivity contribution in [1.29, 1.82) is 0 Å². The van der Waals surface area contributed by atoms with Crippen LogP contribution in [0.1, 0.15) is 26.5 Å². The molecule has 4 heterocycles. The molecular formula is C29H30ClN7O2. The molecule has 200 valence electrons. The number of carbonyl (C=O) groups excluding carboxylic acids is 1. The zero-order valence-corrected chi connectivity index (χ0v) is 23.0. The van der Waals surface area contributed by atoms with Gasteiger partial charge in [0.1, 0.15) is 11.4 Å². The number of ether oxygens (including phenoxy) is 1. The number of halogens is 1. The number of benzene rings is 1. The summed E-state index contributed by atoms with van der Waals surface area (Å²) >= 11 is 6.89. The number of anilines is 2. The van der Waals surface area contributed by atoms with E-state index in [4.69, 9.17) is 27.1 Å². The number of aryl methyl sites for hydroxylation is 1. The highest BCUT2D eigenvalue weighted by atomic mass is 35.5. The molecular weight excluding hydrogens is 514 g/mol. The Morgan fingerprint density at radius 1 is 1.08 bits per heavy atom. The summed E-state index contributed by atoms with van der Waals surface area (Å²) in [6.45, 7) is 9.03. The van der Waals surface area contributed by atoms with E-state index in [-0.39, 0.29) is 18.1 Å². The predicted molar refractivity (Wildman–Crippen MR) is 153 cm³/mol. The number of nitrogen functional groups attached to an aromatic ring is 1. The van der Waals surface area contributed by atoms with E-state index in [1.165, 1.54) is 0 Å². The van der Waals surface area contributed by atoms with Gasteiger partial charge in [-0.15, -0.1) is 0 Å². The van der Waals surface area contributed by atoms with Crippen LogP contribution in [0, 0.1) is 18.8 Å². The second-order valence-corrected chi connectivity index (χ2v) is 11.7. The molecule has 1 aliphatic heterocycles. The Hall–Kier alpha value is -3.98. The first-order valence-corrected chi connectivity index (χ1v) is 13.3. The maximum atomic E-state index is 12.3. The molecule has 2 fully saturated rings. The number of pyridine rings is 2. The summed E-state index contributed by atoms with van der Waals surface area (Å²) in [5.74, 6) is 1.57. The van der Waals surface area contributed by atoms with E-state index in [1.807, 2.05) is 70.3 Å². The van der Waals surface area contributed by atoms with E-state index in [9.17, 15) is 4.79 Å². The van der Waals surface area contributed by atoms with Crippen molar-refractivity contribution in [2.75, 3.05) is 23.7 Å². The quantitative estimate of drug-likeness (QED) is 0.358. The predicted octanol–water partition coefficient (Wildman–Crippen LogP) is 5.26. The van der Waals surface area contributed by atoms with Crippen molar-refractivity contribution in [2.24, 2.45) is 11.8 Å². The summed E-state index contributed by atoms with van der Waals surface area (Å²) in [5.41, 5.74) is 10.5. The molecule has 2 atom stereocenters. The molecule has 1 aliphatic carbocycles. The zero-order valence-electron chi connectivity index (χ0n) is 22.3. The first-order chi connectivity index (χ1) is 18.6.